The monoisotopic (exact) mass is 266 g/mol. The van der Waals surface area contributed by atoms with Crippen molar-refractivity contribution in [3.63, 3.8) is 0 Å². The zero-order chi connectivity index (χ0) is 13.0. The fraction of sp³-hybridized carbons (Fsp3) is 0.500. The van der Waals surface area contributed by atoms with E-state index in [4.69, 9.17) is 11.6 Å². The molecule has 1 atom stereocenters. The van der Waals surface area contributed by atoms with Gasteiger partial charge in [0.1, 0.15) is 0 Å². The average Bonchev–Trinajstić information content (AvgIpc) is 2.39. The summed E-state index contributed by atoms with van der Waals surface area (Å²) in [4.78, 5) is 12.1. The van der Waals surface area contributed by atoms with E-state index in [1.54, 1.807) is 0 Å². The van der Waals surface area contributed by atoms with Crippen molar-refractivity contribution in [3.05, 3.63) is 34.9 Å². The third kappa shape index (κ3) is 3.47. The van der Waals surface area contributed by atoms with E-state index >= 15 is 0 Å². The van der Waals surface area contributed by atoms with Crippen LogP contribution in [0.5, 0.6) is 0 Å². The summed E-state index contributed by atoms with van der Waals surface area (Å²) in [5, 5.41) is 7.04. The van der Waals surface area contributed by atoms with Crippen LogP contribution in [0.2, 0.25) is 5.02 Å². The molecule has 98 valence electrons. The molecule has 1 aromatic carbocycles. The van der Waals surface area contributed by atoms with Crippen LogP contribution >= 0.6 is 11.6 Å². The van der Waals surface area contributed by atoms with Gasteiger partial charge < -0.3 is 10.6 Å². The number of carbonyl (C=O) groups is 1. The first-order valence-corrected chi connectivity index (χ1v) is 6.81. The topological polar surface area (TPSA) is 41.1 Å². The highest BCUT2D eigenvalue weighted by Gasteiger charge is 2.22. The lowest BCUT2D eigenvalue weighted by molar-refractivity contribution is -0.126. The van der Waals surface area contributed by atoms with E-state index in [0.717, 1.165) is 31.5 Å². The fourth-order valence-electron chi connectivity index (χ4n) is 2.27. The zero-order valence-electron chi connectivity index (χ0n) is 10.6. The van der Waals surface area contributed by atoms with E-state index in [0.29, 0.717) is 5.02 Å². The van der Waals surface area contributed by atoms with Crippen LogP contribution in [-0.2, 0) is 4.79 Å². The summed E-state index contributed by atoms with van der Waals surface area (Å²) in [6.07, 6.45) is 1.85. The molecular formula is C14H19ClN2O. The molecule has 0 saturated carbocycles. The van der Waals surface area contributed by atoms with Crippen LogP contribution in [0.15, 0.2) is 24.3 Å². The second-order valence-corrected chi connectivity index (χ2v) is 5.25. The SMILES string of the molecule is CC(NC(=O)C1CCNCC1)c1cccc(Cl)c1. The molecule has 0 radical (unpaired) electrons. The highest BCUT2D eigenvalue weighted by Crippen LogP contribution is 2.19. The van der Waals surface area contributed by atoms with Crippen LogP contribution in [0.4, 0.5) is 0 Å². The summed E-state index contributed by atoms with van der Waals surface area (Å²) >= 11 is 5.95. The lowest BCUT2D eigenvalue weighted by atomic mass is 9.96. The third-order valence-corrected chi connectivity index (χ3v) is 3.65. The standard InChI is InChI=1S/C14H19ClN2O/c1-10(12-3-2-4-13(15)9-12)17-14(18)11-5-7-16-8-6-11/h2-4,9-11,16H,5-8H2,1H3,(H,17,18). The van der Waals surface area contributed by atoms with Crippen molar-refractivity contribution in [2.24, 2.45) is 5.92 Å². The van der Waals surface area contributed by atoms with E-state index in [9.17, 15) is 4.79 Å². The van der Waals surface area contributed by atoms with Crippen molar-refractivity contribution >= 4 is 17.5 Å². The van der Waals surface area contributed by atoms with Crippen molar-refractivity contribution in [2.45, 2.75) is 25.8 Å². The first kappa shape index (κ1) is 13.4. The number of amides is 1. The third-order valence-electron chi connectivity index (χ3n) is 3.42. The van der Waals surface area contributed by atoms with Gasteiger partial charge in [-0.05, 0) is 50.6 Å². The van der Waals surface area contributed by atoms with Crippen molar-refractivity contribution in [1.29, 1.82) is 0 Å². The molecular weight excluding hydrogens is 248 g/mol. The Bertz CT molecular complexity index is 416. The van der Waals surface area contributed by atoms with E-state index in [1.807, 2.05) is 31.2 Å². The number of carbonyl (C=O) groups excluding carboxylic acids is 1. The lowest BCUT2D eigenvalue weighted by Crippen LogP contribution is -2.39. The number of hydrogen-bond acceptors (Lipinski definition) is 2. The van der Waals surface area contributed by atoms with Gasteiger partial charge in [-0.3, -0.25) is 4.79 Å². The molecule has 1 fully saturated rings. The Hall–Kier alpha value is -1.06. The largest absolute Gasteiger partial charge is 0.349 e. The highest BCUT2D eigenvalue weighted by atomic mass is 35.5. The van der Waals surface area contributed by atoms with Crippen LogP contribution in [-0.4, -0.2) is 19.0 Å². The second-order valence-electron chi connectivity index (χ2n) is 4.81. The van der Waals surface area contributed by atoms with Gasteiger partial charge in [-0.25, -0.2) is 0 Å². The molecule has 1 heterocycles. The molecule has 0 spiro atoms. The minimum Gasteiger partial charge on any atom is -0.349 e. The smallest absolute Gasteiger partial charge is 0.223 e. The Balaban J connectivity index is 1.94. The van der Waals surface area contributed by atoms with Crippen LogP contribution in [0.25, 0.3) is 0 Å². The van der Waals surface area contributed by atoms with Gasteiger partial charge in [0, 0.05) is 10.9 Å². The number of benzene rings is 1. The number of halogens is 1. The van der Waals surface area contributed by atoms with Gasteiger partial charge in [0.25, 0.3) is 0 Å². The minimum absolute atomic E-state index is 0.00563. The van der Waals surface area contributed by atoms with Crippen molar-refractivity contribution in [2.75, 3.05) is 13.1 Å². The van der Waals surface area contributed by atoms with E-state index in [-0.39, 0.29) is 17.9 Å². The number of piperidine rings is 1. The Labute approximate surface area is 113 Å². The van der Waals surface area contributed by atoms with Crippen molar-refractivity contribution in [3.8, 4) is 0 Å². The predicted octanol–water partition coefficient (Wildman–Crippen LogP) is 2.52. The molecule has 0 aliphatic carbocycles. The Kier molecular flexibility index (Phi) is 4.61. The zero-order valence-corrected chi connectivity index (χ0v) is 11.3. The molecule has 2 rings (SSSR count). The fourth-order valence-corrected chi connectivity index (χ4v) is 2.47. The highest BCUT2D eigenvalue weighted by molar-refractivity contribution is 6.30. The molecule has 4 heteroatoms. The second kappa shape index (κ2) is 6.21. The van der Waals surface area contributed by atoms with E-state index < -0.39 is 0 Å². The van der Waals surface area contributed by atoms with Crippen LogP contribution in [0.3, 0.4) is 0 Å². The summed E-state index contributed by atoms with van der Waals surface area (Å²) in [5.41, 5.74) is 1.05. The Morgan fingerprint density at radius 2 is 2.17 bits per heavy atom. The molecule has 1 amide bonds. The van der Waals surface area contributed by atoms with Crippen molar-refractivity contribution < 1.29 is 4.79 Å². The van der Waals surface area contributed by atoms with Gasteiger partial charge in [-0.2, -0.15) is 0 Å². The maximum atomic E-state index is 12.1. The van der Waals surface area contributed by atoms with Gasteiger partial charge in [-0.1, -0.05) is 23.7 Å². The summed E-state index contributed by atoms with van der Waals surface area (Å²) in [6, 6.07) is 7.64. The Morgan fingerprint density at radius 3 is 2.83 bits per heavy atom. The molecule has 0 aromatic heterocycles. The van der Waals surface area contributed by atoms with Crippen molar-refractivity contribution in [1.82, 2.24) is 10.6 Å². The number of nitrogens with one attached hydrogen (secondary N) is 2. The maximum Gasteiger partial charge on any atom is 0.223 e. The van der Waals surface area contributed by atoms with Gasteiger partial charge in [0.2, 0.25) is 5.91 Å². The van der Waals surface area contributed by atoms with Gasteiger partial charge in [0.15, 0.2) is 0 Å². The molecule has 1 aliphatic rings. The summed E-state index contributed by atoms with van der Waals surface area (Å²) in [6.45, 7) is 3.86. The first-order chi connectivity index (χ1) is 8.66. The number of hydrogen-bond donors (Lipinski definition) is 2. The molecule has 2 N–H and O–H groups in total. The average molecular weight is 267 g/mol. The molecule has 1 unspecified atom stereocenters. The van der Waals surface area contributed by atoms with Gasteiger partial charge in [-0.15, -0.1) is 0 Å². The van der Waals surface area contributed by atoms with Crippen LogP contribution < -0.4 is 10.6 Å². The molecule has 3 nitrogen and oxygen atoms in total. The quantitative estimate of drug-likeness (QED) is 0.883. The van der Waals surface area contributed by atoms with E-state index in [2.05, 4.69) is 10.6 Å². The molecule has 1 saturated heterocycles. The van der Waals surface area contributed by atoms with Gasteiger partial charge >= 0.3 is 0 Å². The van der Waals surface area contributed by atoms with Gasteiger partial charge in [0.05, 0.1) is 6.04 Å². The lowest BCUT2D eigenvalue weighted by Gasteiger charge is -2.24. The summed E-state index contributed by atoms with van der Waals surface area (Å²) < 4.78 is 0. The summed E-state index contributed by atoms with van der Waals surface area (Å²) in [5.74, 6) is 0.303. The normalized spacial score (nSPS) is 18.3. The van der Waals surface area contributed by atoms with Crippen LogP contribution in [0.1, 0.15) is 31.4 Å². The minimum atomic E-state index is 0.00563. The summed E-state index contributed by atoms with van der Waals surface area (Å²) in [7, 11) is 0. The maximum absolute atomic E-state index is 12.1. The molecule has 1 aliphatic heterocycles. The number of rotatable bonds is 3. The first-order valence-electron chi connectivity index (χ1n) is 6.43. The van der Waals surface area contributed by atoms with E-state index in [1.165, 1.54) is 0 Å². The van der Waals surface area contributed by atoms with Crippen LogP contribution in [0, 0.1) is 5.92 Å². The molecule has 0 bridgehead atoms. The molecule has 1 aromatic rings. The molecule has 18 heavy (non-hydrogen) atoms. The Morgan fingerprint density at radius 1 is 1.44 bits per heavy atom. The predicted molar refractivity (Wildman–Crippen MR) is 73.6 cm³/mol.